The standard InChI is InChI=1S/C13H8BrCl2NO4/c14-8-2-1-7(6-18)12(3-8)21-13-10(15)4-9(17(19)20)5-11(13)16/h1-5,18H,6H2. The predicted molar refractivity (Wildman–Crippen MR) is 83.3 cm³/mol. The van der Waals surface area contributed by atoms with E-state index in [4.69, 9.17) is 27.9 Å². The Balaban J connectivity index is 2.45. The summed E-state index contributed by atoms with van der Waals surface area (Å²) < 4.78 is 6.34. The van der Waals surface area contributed by atoms with E-state index in [2.05, 4.69) is 15.9 Å². The van der Waals surface area contributed by atoms with E-state index in [9.17, 15) is 15.2 Å². The molecule has 0 bridgehead atoms. The van der Waals surface area contributed by atoms with Crippen LogP contribution in [-0.2, 0) is 6.61 Å². The second kappa shape index (κ2) is 6.62. The predicted octanol–water partition coefficient (Wildman–Crippen LogP) is 4.95. The molecule has 21 heavy (non-hydrogen) atoms. The maximum atomic E-state index is 10.7. The van der Waals surface area contributed by atoms with Crippen molar-refractivity contribution in [2.24, 2.45) is 0 Å². The highest BCUT2D eigenvalue weighted by molar-refractivity contribution is 9.10. The van der Waals surface area contributed by atoms with Gasteiger partial charge in [0.2, 0.25) is 0 Å². The lowest BCUT2D eigenvalue weighted by Gasteiger charge is -2.12. The zero-order valence-corrected chi connectivity index (χ0v) is 13.4. The van der Waals surface area contributed by atoms with E-state index in [1.54, 1.807) is 18.2 Å². The molecule has 110 valence electrons. The van der Waals surface area contributed by atoms with Crippen molar-refractivity contribution < 1.29 is 14.8 Å². The quantitative estimate of drug-likeness (QED) is 0.590. The van der Waals surface area contributed by atoms with Crippen molar-refractivity contribution in [3.05, 3.63) is 60.5 Å². The summed E-state index contributed by atoms with van der Waals surface area (Å²) >= 11 is 15.2. The Morgan fingerprint density at radius 2 is 1.86 bits per heavy atom. The van der Waals surface area contributed by atoms with Gasteiger partial charge in [0.05, 0.1) is 21.6 Å². The lowest BCUT2D eigenvalue weighted by molar-refractivity contribution is -0.384. The summed E-state index contributed by atoms with van der Waals surface area (Å²) in [5.41, 5.74) is 0.303. The number of nitro groups is 1. The van der Waals surface area contributed by atoms with E-state index in [0.717, 1.165) is 16.6 Å². The number of aliphatic hydroxyl groups is 1. The van der Waals surface area contributed by atoms with Crippen LogP contribution in [0.3, 0.4) is 0 Å². The van der Waals surface area contributed by atoms with Gasteiger partial charge in [-0.3, -0.25) is 10.1 Å². The summed E-state index contributed by atoms with van der Waals surface area (Å²) in [6, 6.07) is 7.36. The van der Waals surface area contributed by atoms with E-state index in [1.807, 2.05) is 0 Å². The van der Waals surface area contributed by atoms with Crippen molar-refractivity contribution in [1.82, 2.24) is 0 Å². The average molecular weight is 393 g/mol. The molecule has 0 amide bonds. The van der Waals surface area contributed by atoms with Crippen LogP contribution in [0.1, 0.15) is 5.56 Å². The van der Waals surface area contributed by atoms with Crippen LogP contribution in [-0.4, -0.2) is 10.0 Å². The van der Waals surface area contributed by atoms with Gasteiger partial charge in [-0.1, -0.05) is 45.2 Å². The van der Waals surface area contributed by atoms with Gasteiger partial charge in [0.1, 0.15) is 5.75 Å². The Hall–Kier alpha value is -1.34. The topological polar surface area (TPSA) is 72.6 Å². The van der Waals surface area contributed by atoms with Crippen molar-refractivity contribution in [3.8, 4) is 11.5 Å². The van der Waals surface area contributed by atoms with E-state index >= 15 is 0 Å². The molecule has 0 saturated heterocycles. The van der Waals surface area contributed by atoms with Crippen LogP contribution < -0.4 is 4.74 Å². The molecule has 0 spiro atoms. The number of hydrogen-bond donors (Lipinski definition) is 1. The third-order valence-corrected chi connectivity index (χ3v) is 3.66. The number of benzene rings is 2. The smallest absolute Gasteiger partial charge is 0.272 e. The fourth-order valence-electron chi connectivity index (χ4n) is 1.61. The molecule has 0 aromatic heterocycles. The van der Waals surface area contributed by atoms with Crippen LogP contribution in [0.25, 0.3) is 0 Å². The van der Waals surface area contributed by atoms with Crippen LogP contribution in [0.4, 0.5) is 5.69 Å². The van der Waals surface area contributed by atoms with Gasteiger partial charge in [0.15, 0.2) is 5.75 Å². The SMILES string of the molecule is O=[N+]([O-])c1cc(Cl)c(Oc2cc(Br)ccc2CO)c(Cl)c1. The molecule has 0 aliphatic rings. The number of non-ortho nitro benzene ring substituents is 1. The molecule has 0 saturated carbocycles. The molecule has 5 nitrogen and oxygen atoms in total. The Bertz CT molecular complexity index is 686. The van der Waals surface area contributed by atoms with E-state index in [-0.39, 0.29) is 28.1 Å². The van der Waals surface area contributed by atoms with Crippen LogP contribution in [0.5, 0.6) is 11.5 Å². The second-order valence-corrected chi connectivity index (χ2v) is 5.74. The molecule has 2 aromatic carbocycles. The zero-order chi connectivity index (χ0) is 15.6. The maximum absolute atomic E-state index is 10.7. The van der Waals surface area contributed by atoms with Gasteiger partial charge in [-0.25, -0.2) is 0 Å². The largest absolute Gasteiger partial charge is 0.454 e. The fourth-order valence-corrected chi connectivity index (χ4v) is 2.51. The molecule has 0 atom stereocenters. The number of nitrogens with zero attached hydrogens (tertiary/aromatic N) is 1. The van der Waals surface area contributed by atoms with Crippen LogP contribution >= 0.6 is 39.1 Å². The highest BCUT2D eigenvalue weighted by Gasteiger charge is 2.17. The number of ether oxygens (including phenoxy) is 1. The molecule has 0 heterocycles. The number of nitro benzene ring substituents is 1. The summed E-state index contributed by atoms with van der Waals surface area (Å²) in [7, 11) is 0. The van der Waals surface area contributed by atoms with E-state index in [0.29, 0.717) is 11.3 Å². The molecule has 0 unspecified atom stereocenters. The van der Waals surface area contributed by atoms with Gasteiger partial charge in [-0.15, -0.1) is 0 Å². The lowest BCUT2D eigenvalue weighted by atomic mass is 10.2. The number of aliphatic hydroxyl groups excluding tert-OH is 1. The monoisotopic (exact) mass is 391 g/mol. The molecule has 2 aromatic rings. The first kappa shape index (κ1) is 16.0. The first-order valence-electron chi connectivity index (χ1n) is 5.63. The third-order valence-electron chi connectivity index (χ3n) is 2.61. The minimum Gasteiger partial charge on any atom is -0.454 e. The van der Waals surface area contributed by atoms with Gasteiger partial charge >= 0.3 is 0 Å². The molecule has 0 aliphatic heterocycles. The van der Waals surface area contributed by atoms with Crippen molar-refractivity contribution in [2.75, 3.05) is 0 Å². The molecule has 0 aliphatic carbocycles. The highest BCUT2D eigenvalue weighted by Crippen LogP contribution is 2.40. The molecule has 0 fully saturated rings. The van der Waals surface area contributed by atoms with Gasteiger partial charge in [-0.2, -0.15) is 0 Å². The molecule has 8 heteroatoms. The summed E-state index contributed by atoms with van der Waals surface area (Å²) in [5, 5.41) is 20.0. The summed E-state index contributed by atoms with van der Waals surface area (Å²) in [4.78, 5) is 10.1. The minimum atomic E-state index is -0.597. The molecular formula is C13H8BrCl2NO4. The lowest BCUT2D eigenvalue weighted by Crippen LogP contribution is -1.95. The van der Waals surface area contributed by atoms with Crippen molar-refractivity contribution in [3.63, 3.8) is 0 Å². The first-order chi connectivity index (χ1) is 9.92. The Morgan fingerprint density at radius 1 is 1.24 bits per heavy atom. The zero-order valence-electron chi connectivity index (χ0n) is 10.3. The maximum Gasteiger partial charge on any atom is 0.272 e. The van der Waals surface area contributed by atoms with E-state index in [1.165, 1.54) is 0 Å². The van der Waals surface area contributed by atoms with Crippen molar-refractivity contribution in [1.29, 1.82) is 0 Å². The number of hydrogen-bond acceptors (Lipinski definition) is 4. The fraction of sp³-hybridized carbons (Fsp3) is 0.0769. The van der Waals surface area contributed by atoms with Gasteiger partial charge in [-0.05, 0) is 12.1 Å². The molecular weight excluding hydrogens is 385 g/mol. The highest BCUT2D eigenvalue weighted by atomic mass is 79.9. The van der Waals surface area contributed by atoms with Gasteiger partial charge in [0, 0.05) is 22.2 Å². The van der Waals surface area contributed by atoms with Crippen molar-refractivity contribution >= 4 is 44.8 Å². The molecule has 0 radical (unpaired) electrons. The van der Waals surface area contributed by atoms with Crippen LogP contribution in [0, 0.1) is 10.1 Å². The average Bonchev–Trinajstić information content (AvgIpc) is 2.42. The second-order valence-electron chi connectivity index (χ2n) is 4.01. The number of halogens is 3. The summed E-state index contributed by atoms with van der Waals surface area (Å²) in [6.45, 7) is -0.231. The summed E-state index contributed by atoms with van der Waals surface area (Å²) in [5.74, 6) is 0.446. The van der Waals surface area contributed by atoms with Crippen molar-refractivity contribution in [2.45, 2.75) is 6.61 Å². The molecule has 1 N–H and O–H groups in total. The van der Waals surface area contributed by atoms with Gasteiger partial charge in [0.25, 0.3) is 5.69 Å². The van der Waals surface area contributed by atoms with Crippen LogP contribution in [0.15, 0.2) is 34.8 Å². The molecule has 2 rings (SSSR count). The normalized spacial score (nSPS) is 10.5. The third kappa shape index (κ3) is 3.65. The van der Waals surface area contributed by atoms with Crippen LogP contribution in [0.2, 0.25) is 10.0 Å². The van der Waals surface area contributed by atoms with E-state index < -0.39 is 4.92 Å². The Morgan fingerprint density at radius 3 is 2.38 bits per heavy atom. The summed E-state index contributed by atoms with van der Waals surface area (Å²) in [6.07, 6.45) is 0. The Labute approximate surface area is 138 Å². The number of rotatable bonds is 4. The Kier molecular flexibility index (Phi) is 5.05. The van der Waals surface area contributed by atoms with Gasteiger partial charge < -0.3 is 9.84 Å². The first-order valence-corrected chi connectivity index (χ1v) is 7.18. The minimum absolute atomic E-state index is 0.0121.